The summed E-state index contributed by atoms with van der Waals surface area (Å²) in [6.45, 7) is 3.99. The monoisotopic (exact) mass is 337 g/mol. The Balaban J connectivity index is 2.13. The summed E-state index contributed by atoms with van der Waals surface area (Å²) in [5.41, 5.74) is 0.747. The second-order valence-corrected chi connectivity index (χ2v) is 7.68. The molecule has 126 valence electrons. The minimum atomic E-state index is -0.882. The minimum absolute atomic E-state index is 0.268. The molecule has 6 nitrogen and oxygen atoms in total. The molecule has 1 aromatic heterocycles. The van der Waals surface area contributed by atoms with Gasteiger partial charge in [-0.1, -0.05) is 37.3 Å². The van der Waals surface area contributed by atoms with E-state index in [1.54, 1.807) is 13.3 Å². The first-order chi connectivity index (χ1) is 11.0. The molecule has 2 atom stereocenters. The Kier molecular flexibility index (Phi) is 6.18. The van der Waals surface area contributed by atoms with Gasteiger partial charge in [-0.2, -0.15) is 0 Å². The summed E-state index contributed by atoms with van der Waals surface area (Å²) < 4.78 is 7.04. The van der Waals surface area contributed by atoms with Gasteiger partial charge in [0.1, 0.15) is 0 Å². The van der Waals surface area contributed by atoms with Crippen molar-refractivity contribution in [3.05, 3.63) is 42.2 Å². The number of thiol groups is 1. The van der Waals surface area contributed by atoms with Gasteiger partial charge in [0.05, 0.1) is 11.9 Å². The van der Waals surface area contributed by atoms with Crippen LogP contribution in [0.3, 0.4) is 0 Å². The van der Waals surface area contributed by atoms with Crippen molar-refractivity contribution in [2.24, 2.45) is 5.92 Å². The van der Waals surface area contributed by atoms with Gasteiger partial charge in [-0.3, -0.25) is 0 Å². The van der Waals surface area contributed by atoms with E-state index >= 15 is 0 Å². The molecule has 0 aliphatic heterocycles. The second-order valence-electron chi connectivity index (χ2n) is 5.73. The van der Waals surface area contributed by atoms with Gasteiger partial charge in [-0.25, -0.2) is 9.48 Å². The molecule has 0 bridgehead atoms. The van der Waals surface area contributed by atoms with E-state index in [0.29, 0.717) is 12.2 Å². The fraction of sp³-hybridized carbons (Fsp3) is 0.438. The molecule has 0 radical (unpaired) electrons. The predicted octanol–water partition coefficient (Wildman–Crippen LogP) is 3.07. The van der Waals surface area contributed by atoms with Gasteiger partial charge in [0.2, 0.25) is 0 Å². The maximum Gasteiger partial charge on any atom is 0.328 e. The Bertz CT molecular complexity index is 631. The van der Waals surface area contributed by atoms with Crippen LogP contribution in [0, 0.1) is 5.92 Å². The van der Waals surface area contributed by atoms with E-state index in [2.05, 4.69) is 10.3 Å². The van der Waals surface area contributed by atoms with E-state index in [9.17, 15) is 9.90 Å². The largest absolute Gasteiger partial charge is 0.480 e. The third-order valence-corrected chi connectivity index (χ3v) is 5.35. The van der Waals surface area contributed by atoms with Gasteiger partial charge < -0.3 is 9.29 Å². The molecular formula is C16H23N3O3S. The lowest BCUT2D eigenvalue weighted by atomic mass is 10.0. The van der Waals surface area contributed by atoms with Gasteiger partial charge in [-0.05, 0) is 24.5 Å². The number of rotatable bonds is 8. The SMILES string of the molecule is CO[SH](Cc1cn([C@H](CC(C)C)C(=O)O)nn1)c1ccccc1. The van der Waals surface area contributed by atoms with Crippen LogP contribution < -0.4 is 0 Å². The molecule has 0 aliphatic rings. The molecule has 0 aliphatic carbocycles. The molecule has 1 heterocycles. The third-order valence-electron chi connectivity index (χ3n) is 3.43. The Morgan fingerprint density at radius 3 is 2.61 bits per heavy atom. The number of carboxylic acids is 1. The van der Waals surface area contributed by atoms with Crippen molar-refractivity contribution in [3.8, 4) is 0 Å². The number of aromatic nitrogens is 3. The van der Waals surface area contributed by atoms with Crippen LogP contribution in [0.25, 0.3) is 0 Å². The van der Waals surface area contributed by atoms with Crippen molar-refractivity contribution < 1.29 is 14.1 Å². The van der Waals surface area contributed by atoms with E-state index in [1.165, 1.54) is 4.68 Å². The van der Waals surface area contributed by atoms with Crippen LogP contribution in [0.1, 0.15) is 32.0 Å². The highest BCUT2D eigenvalue weighted by atomic mass is 32.2. The molecule has 0 saturated heterocycles. The van der Waals surface area contributed by atoms with Crippen LogP contribution in [0.15, 0.2) is 41.4 Å². The van der Waals surface area contributed by atoms with Crippen molar-refractivity contribution in [3.63, 3.8) is 0 Å². The number of carbonyl (C=O) groups is 1. The summed E-state index contributed by atoms with van der Waals surface area (Å²) in [6, 6.07) is 9.29. The van der Waals surface area contributed by atoms with Gasteiger partial charge in [0.25, 0.3) is 0 Å². The highest BCUT2D eigenvalue weighted by Gasteiger charge is 2.23. The molecule has 7 heteroatoms. The lowest BCUT2D eigenvalue weighted by molar-refractivity contribution is -0.141. The standard InChI is InChI=1S/C16H23N3O3S/c1-12(2)9-15(16(20)21)19-10-13(17-18-19)11-23(22-3)14-7-5-4-6-8-14/h4-8,10,12,15,23H,9,11H2,1-3H3,(H,20,21)/t15-/m1/s1. The van der Waals surface area contributed by atoms with Crippen LogP contribution in [0.4, 0.5) is 0 Å². The van der Waals surface area contributed by atoms with Crippen LogP contribution in [-0.4, -0.2) is 33.2 Å². The fourth-order valence-corrected chi connectivity index (χ4v) is 3.78. The van der Waals surface area contributed by atoms with Crippen LogP contribution in [-0.2, 0) is 14.7 Å². The molecule has 0 amide bonds. The number of carboxylic acid groups (broad SMARTS) is 1. The van der Waals surface area contributed by atoms with Gasteiger partial charge >= 0.3 is 5.97 Å². The Morgan fingerprint density at radius 1 is 1.35 bits per heavy atom. The summed E-state index contributed by atoms with van der Waals surface area (Å²) >= 11 is -0.831. The fourth-order valence-electron chi connectivity index (χ4n) is 2.31. The van der Waals surface area contributed by atoms with Crippen molar-refractivity contribution in [1.29, 1.82) is 0 Å². The molecule has 0 fully saturated rings. The molecule has 1 N–H and O–H groups in total. The van der Waals surface area contributed by atoms with E-state index < -0.39 is 23.2 Å². The summed E-state index contributed by atoms with van der Waals surface area (Å²) in [4.78, 5) is 12.6. The van der Waals surface area contributed by atoms with Crippen molar-refractivity contribution in [2.75, 3.05) is 7.11 Å². The molecular weight excluding hydrogens is 314 g/mol. The summed E-state index contributed by atoms with van der Waals surface area (Å²) in [5.74, 6) is 0.000484. The number of hydrogen-bond donors (Lipinski definition) is 2. The molecule has 2 aromatic rings. The van der Waals surface area contributed by atoms with E-state index in [1.807, 2.05) is 44.2 Å². The average Bonchev–Trinajstić information content (AvgIpc) is 2.99. The number of nitrogens with zero attached hydrogens (tertiary/aromatic N) is 3. The lowest BCUT2D eigenvalue weighted by Crippen LogP contribution is -2.21. The summed E-state index contributed by atoms with van der Waals surface area (Å²) in [5, 5.41) is 17.5. The minimum Gasteiger partial charge on any atom is -0.480 e. The van der Waals surface area contributed by atoms with Gasteiger partial charge in [0.15, 0.2) is 6.04 Å². The molecule has 23 heavy (non-hydrogen) atoms. The highest BCUT2D eigenvalue weighted by molar-refractivity contribution is 8.12. The normalized spacial score (nSPS) is 14.7. The van der Waals surface area contributed by atoms with E-state index in [0.717, 1.165) is 10.6 Å². The van der Waals surface area contributed by atoms with Gasteiger partial charge in [0, 0.05) is 17.8 Å². The zero-order valence-electron chi connectivity index (χ0n) is 13.6. The van der Waals surface area contributed by atoms with Crippen LogP contribution >= 0.6 is 11.2 Å². The first-order valence-electron chi connectivity index (χ1n) is 7.51. The Labute approximate surface area is 139 Å². The summed E-state index contributed by atoms with van der Waals surface area (Å²) in [7, 11) is 1.68. The Morgan fingerprint density at radius 2 is 2.04 bits per heavy atom. The first kappa shape index (κ1) is 17.5. The molecule has 0 spiro atoms. The van der Waals surface area contributed by atoms with Crippen molar-refractivity contribution in [1.82, 2.24) is 15.0 Å². The van der Waals surface area contributed by atoms with Crippen molar-refractivity contribution in [2.45, 2.75) is 37.0 Å². The summed E-state index contributed by atoms with van der Waals surface area (Å²) in [6.07, 6.45) is 2.24. The number of aliphatic carboxylic acids is 1. The second kappa shape index (κ2) is 8.12. The zero-order valence-corrected chi connectivity index (χ0v) is 14.5. The average molecular weight is 337 g/mol. The van der Waals surface area contributed by atoms with E-state index in [4.69, 9.17) is 4.18 Å². The molecule has 1 aromatic carbocycles. The quantitative estimate of drug-likeness (QED) is 0.724. The molecule has 2 rings (SSSR count). The van der Waals surface area contributed by atoms with Crippen LogP contribution in [0.2, 0.25) is 0 Å². The maximum absolute atomic E-state index is 11.4. The third kappa shape index (κ3) is 4.80. The Hall–Kier alpha value is -1.86. The first-order valence-corrected chi connectivity index (χ1v) is 8.96. The maximum atomic E-state index is 11.4. The predicted molar refractivity (Wildman–Crippen MR) is 90.6 cm³/mol. The van der Waals surface area contributed by atoms with Gasteiger partial charge in [-0.15, -0.1) is 16.3 Å². The van der Waals surface area contributed by atoms with Crippen molar-refractivity contribution >= 4 is 17.1 Å². The zero-order chi connectivity index (χ0) is 16.8. The molecule has 0 saturated carbocycles. The molecule has 1 unspecified atom stereocenters. The van der Waals surface area contributed by atoms with Crippen LogP contribution in [0.5, 0.6) is 0 Å². The number of hydrogen-bond acceptors (Lipinski definition) is 4. The topological polar surface area (TPSA) is 77.2 Å². The smallest absolute Gasteiger partial charge is 0.328 e. The van der Waals surface area contributed by atoms with E-state index in [-0.39, 0.29) is 5.92 Å². The lowest BCUT2D eigenvalue weighted by Gasteiger charge is -2.18. The number of benzene rings is 1. The highest BCUT2D eigenvalue weighted by Crippen LogP contribution is 2.39.